The molecular formula is C7HF9N2OS3. The number of halogens is 9. The van der Waals surface area contributed by atoms with Crippen molar-refractivity contribution in [1.82, 2.24) is 9.97 Å². The van der Waals surface area contributed by atoms with Gasteiger partial charge in [-0.25, -0.2) is 4.98 Å². The molecule has 0 aliphatic carbocycles. The lowest BCUT2D eigenvalue weighted by Crippen LogP contribution is -2.18. The van der Waals surface area contributed by atoms with E-state index in [0.717, 1.165) is 0 Å². The maximum absolute atomic E-state index is 12.2. The highest BCUT2D eigenvalue weighted by molar-refractivity contribution is 8.03. The molecule has 126 valence electrons. The summed E-state index contributed by atoms with van der Waals surface area (Å²) in [6, 6.07) is 0. The van der Waals surface area contributed by atoms with Gasteiger partial charge in [0, 0.05) is 23.5 Å². The first kappa shape index (κ1) is 19.3. The minimum atomic E-state index is -5.14. The Labute approximate surface area is 127 Å². The van der Waals surface area contributed by atoms with Gasteiger partial charge in [-0.05, 0) is 11.8 Å². The fourth-order valence-electron chi connectivity index (χ4n) is 0.964. The second kappa shape index (κ2) is 6.43. The Morgan fingerprint density at radius 2 is 1.23 bits per heavy atom. The van der Waals surface area contributed by atoms with E-state index in [9.17, 15) is 44.3 Å². The van der Waals surface area contributed by atoms with Gasteiger partial charge in [-0.2, -0.15) is 39.5 Å². The molecule has 1 heterocycles. The molecule has 0 fully saturated rings. The van der Waals surface area contributed by atoms with E-state index in [0.29, 0.717) is 0 Å². The normalized spacial score (nSPS) is 13.5. The summed E-state index contributed by atoms with van der Waals surface area (Å²) >= 11 is -3.46. The third-order valence-corrected chi connectivity index (χ3v) is 3.75. The van der Waals surface area contributed by atoms with E-state index < -0.39 is 72.4 Å². The smallest absolute Gasteiger partial charge is 0.300 e. The molecule has 0 bridgehead atoms. The van der Waals surface area contributed by atoms with Gasteiger partial charge in [0.2, 0.25) is 0 Å². The molecule has 1 N–H and O–H groups in total. The SMILES string of the molecule is O=c1[nH]c(SC(F)(F)F)nc(SC(F)(F)F)c1SC(F)(F)F. The van der Waals surface area contributed by atoms with Crippen molar-refractivity contribution >= 4 is 35.3 Å². The molecule has 1 aromatic heterocycles. The van der Waals surface area contributed by atoms with Crippen LogP contribution >= 0.6 is 35.3 Å². The van der Waals surface area contributed by atoms with Gasteiger partial charge in [0.15, 0.2) is 5.16 Å². The highest BCUT2D eigenvalue weighted by Crippen LogP contribution is 2.44. The van der Waals surface area contributed by atoms with Crippen LogP contribution in [0.5, 0.6) is 0 Å². The summed E-state index contributed by atoms with van der Waals surface area (Å²) in [5.74, 6) is 0. The van der Waals surface area contributed by atoms with Gasteiger partial charge in [0.1, 0.15) is 9.92 Å². The number of nitrogens with zero attached hydrogens (tertiary/aromatic N) is 1. The lowest BCUT2D eigenvalue weighted by atomic mass is 10.6. The Kier molecular flexibility index (Phi) is 5.65. The zero-order chi connectivity index (χ0) is 17.3. The third kappa shape index (κ3) is 7.04. The molecule has 0 aromatic carbocycles. The van der Waals surface area contributed by atoms with Crippen LogP contribution in [0.2, 0.25) is 0 Å². The van der Waals surface area contributed by atoms with Gasteiger partial charge < -0.3 is 4.98 Å². The van der Waals surface area contributed by atoms with E-state index in [4.69, 9.17) is 0 Å². The largest absolute Gasteiger partial charge is 0.449 e. The third-order valence-electron chi connectivity index (χ3n) is 1.47. The Morgan fingerprint density at radius 1 is 0.773 bits per heavy atom. The highest BCUT2D eigenvalue weighted by Gasteiger charge is 2.38. The van der Waals surface area contributed by atoms with Crippen LogP contribution in [0.25, 0.3) is 0 Å². The number of nitrogens with one attached hydrogen (secondary N) is 1. The summed E-state index contributed by atoms with van der Waals surface area (Å²) in [6.07, 6.45) is 0. The second-order valence-electron chi connectivity index (χ2n) is 3.15. The Bertz CT molecular complexity index is 591. The summed E-state index contributed by atoms with van der Waals surface area (Å²) in [6.45, 7) is 0. The molecule has 0 aliphatic rings. The second-order valence-corrected chi connectivity index (χ2v) is 6.33. The number of hydrogen-bond acceptors (Lipinski definition) is 5. The summed E-state index contributed by atoms with van der Waals surface area (Å²) in [7, 11) is 0. The van der Waals surface area contributed by atoms with Gasteiger partial charge in [-0.1, -0.05) is 0 Å². The van der Waals surface area contributed by atoms with Crippen LogP contribution in [-0.4, -0.2) is 26.5 Å². The van der Waals surface area contributed by atoms with Crippen molar-refractivity contribution in [3.63, 3.8) is 0 Å². The number of alkyl halides is 9. The van der Waals surface area contributed by atoms with Crippen molar-refractivity contribution in [2.75, 3.05) is 0 Å². The molecule has 22 heavy (non-hydrogen) atoms. The fourth-order valence-corrected chi connectivity index (χ4v) is 2.82. The fraction of sp³-hybridized carbons (Fsp3) is 0.429. The molecule has 1 rings (SSSR count). The summed E-state index contributed by atoms with van der Waals surface area (Å²) in [5, 5.41) is -2.80. The monoisotopic (exact) mass is 396 g/mol. The van der Waals surface area contributed by atoms with Crippen LogP contribution in [0, 0.1) is 0 Å². The number of hydrogen-bond donors (Lipinski definition) is 1. The molecule has 0 amide bonds. The van der Waals surface area contributed by atoms with Gasteiger partial charge in [-0.15, -0.1) is 0 Å². The number of thioether (sulfide) groups is 3. The number of aromatic nitrogens is 2. The van der Waals surface area contributed by atoms with Crippen molar-refractivity contribution in [1.29, 1.82) is 0 Å². The van der Waals surface area contributed by atoms with E-state index >= 15 is 0 Å². The predicted molar refractivity (Wildman–Crippen MR) is 60.6 cm³/mol. The standard InChI is InChI=1S/C7HF9N2OS3/c8-5(9,10)20-1-2(19)17-4(22-7(14,15)16)18-3(1)21-6(11,12)13/h(H,17,18,19). The molecule has 0 aliphatic heterocycles. The van der Waals surface area contributed by atoms with Crippen molar-refractivity contribution in [2.45, 2.75) is 31.6 Å². The topological polar surface area (TPSA) is 45.8 Å². The van der Waals surface area contributed by atoms with Crippen LogP contribution in [0.3, 0.4) is 0 Å². The first-order valence-corrected chi connectivity index (χ1v) is 7.03. The molecule has 0 saturated carbocycles. The van der Waals surface area contributed by atoms with Crippen LogP contribution in [0.1, 0.15) is 0 Å². The highest BCUT2D eigenvalue weighted by atomic mass is 32.2. The zero-order valence-corrected chi connectivity index (χ0v) is 11.9. The quantitative estimate of drug-likeness (QED) is 0.350. The molecule has 3 nitrogen and oxygen atoms in total. The average molecular weight is 396 g/mol. The van der Waals surface area contributed by atoms with E-state index in [1.54, 1.807) is 0 Å². The van der Waals surface area contributed by atoms with Gasteiger partial charge in [-0.3, -0.25) is 4.79 Å². The first-order chi connectivity index (χ1) is 9.66. The Hall–Kier alpha value is -0.700. The predicted octanol–water partition coefficient (Wildman–Crippen LogP) is 4.61. The van der Waals surface area contributed by atoms with Gasteiger partial charge in [0.05, 0.1) is 0 Å². The molecule has 15 heteroatoms. The van der Waals surface area contributed by atoms with E-state index in [1.807, 2.05) is 0 Å². The molecule has 1 aromatic rings. The molecule has 0 saturated heterocycles. The van der Waals surface area contributed by atoms with E-state index in [-0.39, 0.29) is 0 Å². The molecular weight excluding hydrogens is 395 g/mol. The minimum absolute atomic E-state index is 1.06. The molecule has 0 unspecified atom stereocenters. The summed E-state index contributed by atoms with van der Waals surface area (Å²) in [4.78, 5) is 14.0. The van der Waals surface area contributed by atoms with E-state index in [1.165, 1.54) is 4.98 Å². The van der Waals surface area contributed by atoms with Gasteiger partial charge in [0.25, 0.3) is 5.56 Å². The zero-order valence-electron chi connectivity index (χ0n) is 9.48. The lowest BCUT2D eigenvalue weighted by Gasteiger charge is -2.12. The Balaban J connectivity index is 3.34. The number of H-pyrrole nitrogens is 1. The van der Waals surface area contributed by atoms with Crippen LogP contribution < -0.4 is 5.56 Å². The van der Waals surface area contributed by atoms with Crippen molar-refractivity contribution < 1.29 is 39.5 Å². The Morgan fingerprint density at radius 3 is 1.64 bits per heavy atom. The van der Waals surface area contributed by atoms with Crippen LogP contribution in [0.15, 0.2) is 19.9 Å². The van der Waals surface area contributed by atoms with Gasteiger partial charge >= 0.3 is 16.5 Å². The summed E-state index contributed by atoms with van der Waals surface area (Å²) < 4.78 is 110. The summed E-state index contributed by atoms with van der Waals surface area (Å²) in [5.41, 5.74) is -17.0. The number of aromatic amines is 1. The van der Waals surface area contributed by atoms with Crippen molar-refractivity contribution in [3.05, 3.63) is 10.4 Å². The van der Waals surface area contributed by atoms with Crippen molar-refractivity contribution in [3.8, 4) is 0 Å². The van der Waals surface area contributed by atoms with E-state index in [2.05, 4.69) is 4.98 Å². The van der Waals surface area contributed by atoms with Crippen LogP contribution in [-0.2, 0) is 0 Å². The number of rotatable bonds is 3. The maximum atomic E-state index is 12.2. The minimum Gasteiger partial charge on any atom is -0.300 e. The molecule has 0 atom stereocenters. The van der Waals surface area contributed by atoms with Crippen molar-refractivity contribution in [2.24, 2.45) is 0 Å². The average Bonchev–Trinajstić information content (AvgIpc) is 2.17. The first-order valence-electron chi connectivity index (χ1n) is 4.58. The van der Waals surface area contributed by atoms with Crippen LogP contribution in [0.4, 0.5) is 39.5 Å². The lowest BCUT2D eigenvalue weighted by molar-refractivity contribution is -0.0350. The molecule has 0 spiro atoms. The molecule has 0 radical (unpaired) electrons. The maximum Gasteiger partial charge on any atom is 0.449 e.